The van der Waals surface area contributed by atoms with Gasteiger partial charge in [0.1, 0.15) is 0 Å². The van der Waals surface area contributed by atoms with E-state index in [-0.39, 0.29) is 0 Å². The molecule has 1 saturated heterocycles. The fourth-order valence-electron chi connectivity index (χ4n) is 2.70. The SMILES string of the molecule is CCN(C1CCCNC1)C(C)c1csc(Cl)c1. The van der Waals surface area contributed by atoms with Crippen molar-refractivity contribution in [2.24, 2.45) is 0 Å². The van der Waals surface area contributed by atoms with Crippen molar-refractivity contribution in [2.75, 3.05) is 19.6 Å². The monoisotopic (exact) mass is 272 g/mol. The molecule has 1 aromatic rings. The number of hydrogen-bond donors (Lipinski definition) is 1. The molecule has 1 aliphatic rings. The number of nitrogens with one attached hydrogen (secondary N) is 1. The van der Waals surface area contributed by atoms with E-state index in [1.165, 1.54) is 24.9 Å². The third-order valence-electron chi connectivity index (χ3n) is 3.67. The van der Waals surface area contributed by atoms with Gasteiger partial charge in [-0.3, -0.25) is 4.90 Å². The molecular formula is C13H21ClN2S. The van der Waals surface area contributed by atoms with E-state index in [1.54, 1.807) is 11.3 Å². The molecule has 1 aromatic heterocycles. The van der Waals surface area contributed by atoms with Crippen molar-refractivity contribution in [3.05, 3.63) is 21.3 Å². The number of hydrogen-bond acceptors (Lipinski definition) is 3. The van der Waals surface area contributed by atoms with Crippen LogP contribution in [0.1, 0.15) is 38.3 Å². The molecule has 2 rings (SSSR count). The summed E-state index contributed by atoms with van der Waals surface area (Å²) in [5.74, 6) is 0. The van der Waals surface area contributed by atoms with Crippen molar-refractivity contribution in [3.63, 3.8) is 0 Å². The zero-order chi connectivity index (χ0) is 12.3. The number of piperidine rings is 1. The second-order valence-corrected chi connectivity index (χ2v) is 6.23. The minimum atomic E-state index is 0.466. The summed E-state index contributed by atoms with van der Waals surface area (Å²) in [7, 11) is 0. The zero-order valence-electron chi connectivity index (χ0n) is 10.6. The minimum Gasteiger partial charge on any atom is -0.315 e. The van der Waals surface area contributed by atoms with E-state index in [4.69, 9.17) is 11.6 Å². The Hall–Kier alpha value is -0.0900. The largest absolute Gasteiger partial charge is 0.315 e. The Morgan fingerprint density at radius 1 is 1.65 bits per heavy atom. The highest BCUT2D eigenvalue weighted by atomic mass is 35.5. The van der Waals surface area contributed by atoms with Crippen molar-refractivity contribution >= 4 is 22.9 Å². The maximum atomic E-state index is 6.03. The van der Waals surface area contributed by atoms with Gasteiger partial charge in [0.05, 0.1) is 4.34 Å². The molecule has 0 amide bonds. The second-order valence-electron chi connectivity index (χ2n) is 4.69. The summed E-state index contributed by atoms with van der Waals surface area (Å²) in [6.45, 7) is 7.93. The molecule has 4 heteroatoms. The van der Waals surface area contributed by atoms with Gasteiger partial charge in [0.15, 0.2) is 0 Å². The molecular weight excluding hydrogens is 252 g/mol. The van der Waals surface area contributed by atoms with Crippen molar-refractivity contribution in [2.45, 2.75) is 38.8 Å². The highest BCUT2D eigenvalue weighted by molar-refractivity contribution is 7.14. The van der Waals surface area contributed by atoms with Crippen LogP contribution in [-0.4, -0.2) is 30.6 Å². The van der Waals surface area contributed by atoms with Gasteiger partial charge < -0.3 is 5.32 Å². The topological polar surface area (TPSA) is 15.3 Å². The van der Waals surface area contributed by atoms with Crippen LogP contribution in [0.4, 0.5) is 0 Å². The molecule has 0 aliphatic carbocycles. The molecule has 17 heavy (non-hydrogen) atoms. The lowest BCUT2D eigenvalue weighted by atomic mass is 10.0. The number of rotatable bonds is 4. The summed E-state index contributed by atoms with van der Waals surface area (Å²) >= 11 is 7.66. The van der Waals surface area contributed by atoms with E-state index in [2.05, 4.69) is 35.5 Å². The Kier molecular flexibility index (Phi) is 4.86. The van der Waals surface area contributed by atoms with Crippen LogP contribution in [0.3, 0.4) is 0 Å². The van der Waals surface area contributed by atoms with E-state index in [0.29, 0.717) is 12.1 Å². The third kappa shape index (κ3) is 3.22. The standard InChI is InChI=1S/C13H21ClN2S/c1-3-16(12-5-4-6-15-8-12)10(2)11-7-13(14)17-9-11/h7,9-10,12,15H,3-6,8H2,1-2H3. The molecule has 2 nitrogen and oxygen atoms in total. The van der Waals surface area contributed by atoms with Crippen molar-refractivity contribution in [1.82, 2.24) is 10.2 Å². The molecule has 96 valence electrons. The van der Waals surface area contributed by atoms with Crippen LogP contribution in [0.2, 0.25) is 4.34 Å². The van der Waals surface area contributed by atoms with Crippen molar-refractivity contribution < 1.29 is 0 Å². The molecule has 0 bridgehead atoms. The van der Waals surface area contributed by atoms with Crippen LogP contribution < -0.4 is 5.32 Å². The molecule has 1 N–H and O–H groups in total. The minimum absolute atomic E-state index is 0.466. The Bertz CT molecular complexity index is 347. The Morgan fingerprint density at radius 2 is 2.47 bits per heavy atom. The molecule has 0 spiro atoms. The summed E-state index contributed by atoms with van der Waals surface area (Å²) in [5.41, 5.74) is 1.35. The van der Waals surface area contributed by atoms with Gasteiger partial charge in [0, 0.05) is 18.6 Å². The normalized spacial score (nSPS) is 22.9. The van der Waals surface area contributed by atoms with Gasteiger partial charge in [-0.1, -0.05) is 18.5 Å². The quantitative estimate of drug-likeness (QED) is 0.902. The highest BCUT2D eigenvalue weighted by Gasteiger charge is 2.25. The smallest absolute Gasteiger partial charge is 0.0931 e. The second kappa shape index (κ2) is 6.19. The number of likely N-dealkylation sites (N-methyl/N-ethyl adjacent to an activating group) is 1. The first-order valence-corrected chi connectivity index (χ1v) is 7.68. The molecule has 2 unspecified atom stereocenters. The first-order valence-electron chi connectivity index (χ1n) is 6.42. The lowest BCUT2D eigenvalue weighted by Gasteiger charge is -2.38. The summed E-state index contributed by atoms with van der Waals surface area (Å²) in [5, 5.41) is 5.68. The molecule has 2 heterocycles. The van der Waals surface area contributed by atoms with Gasteiger partial charge in [0.25, 0.3) is 0 Å². The van der Waals surface area contributed by atoms with Crippen LogP contribution in [0, 0.1) is 0 Å². The molecule has 0 saturated carbocycles. The van der Waals surface area contributed by atoms with Crippen molar-refractivity contribution in [1.29, 1.82) is 0 Å². The first kappa shape index (κ1) is 13.3. The summed E-state index contributed by atoms with van der Waals surface area (Å²) < 4.78 is 0.893. The lowest BCUT2D eigenvalue weighted by molar-refractivity contribution is 0.128. The third-order valence-corrected chi connectivity index (χ3v) is 4.78. The molecule has 1 fully saturated rings. The van der Waals surface area contributed by atoms with E-state index < -0.39 is 0 Å². The zero-order valence-corrected chi connectivity index (χ0v) is 12.2. The number of halogens is 1. The summed E-state index contributed by atoms with van der Waals surface area (Å²) in [4.78, 5) is 2.59. The van der Waals surface area contributed by atoms with E-state index >= 15 is 0 Å². The van der Waals surface area contributed by atoms with Crippen LogP contribution >= 0.6 is 22.9 Å². The predicted octanol–water partition coefficient (Wildman–Crippen LogP) is 3.54. The fourth-order valence-corrected chi connectivity index (χ4v) is 3.68. The Morgan fingerprint density at radius 3 is 3.00 bits per heavy atom. The van der Waals surface area contributed by atoms with Gasteiger partial charge in [-0.2, -0.15) is 0 Å². The predicted molar refractivity (Wildman–Crippen MR) is 76.0 cm³/mol. The lowest BCUT2D eigenvalue weighted by Crippen LogP contribution is -2.46. The summed E-state index contributed by atoms with van der Waals surface area (Å²) in [6.07, 6.45) is 2.60. The van der Waals surface area contributed by atoms with Crippen LogP contribution in [0.5, 0.6) is 0 Å². The van der Waals surface area contributed by atoms with Crippen LogP contribution in [-0.2, 0) is 0 Å². The van der Waals surface area contributed by atoms with Crippen LogP contribution in [0.25, 0.3) is 0 Å². The van der Waals surface area contributed by atoms with Gasteiger partial charge in [0.2, 0.25) is 0 Å². The average Bonchev–Trinajstić information content (AvgIpc) is 2.78. The number of thiophene rings is 1. The van der Waals surface area contributed by atoms with Gasteiger partial charge >= 0.3 is 0 Å². The number of nitrogens with zero attached hydrogens (tertiary/aromatic N) is 1. The fraction of sp³-hybridized carbons (Fsp3) is 0.692. The maximum Gasteiger partial charge on any atom is 0.0931 e. The highest BCUT2D eigenvalue weighted by Crippen LogP contribution is 2.30. The Balaban J connectivity index is 2.06. The molecule has 1 aliphatic heterocycles. The van der Waals surface area contributed by atoms with Gasteiger partial charge in [-0.15, -0.1) is 11.3 Å². The summed E-state index contributed by atoms with van der Waals surface area (Å²) in [6, 6.07) is 3.24. The Labute approximate surface area is 113 Å². The van der Waals surface area contributed by atoms with E-state index in [0.717, 1.165) is 17.4 Å². The maximum absolute atomic E-state index is 6.03. The molecule has 2 atom stereocenters. The average molecular weight is 273 g/mol. The van der Waals surface area contributed by atoms with Gasteiger partial charge in [-0.05, 0) is 49.9 Å². The van der Waals surface area contributed by atoms with E-state index in [9.17, 15) is 0 Å². The molecule has 0 aromatic carbocycles. The van der Waals surface area contributed by atoms with E-state index in [1.807, 2.05) is 0 Å². The van der Waals surface area contributed by atoms with Crippen molar-refractivity contribution in [3.8, 4) is 0 Å². The first-order chi connectivity index (χ1) is 8.22. The van der Waals surface area contributed by atoms with Gasteiger partial charge in [-0.25, -0.2) is 0 Å². The van der Waals surface area contributed by atoms with Crippen LogP contribution in [0.15, 0.2) is 11.4 Å². The molecule has 0 radical (unpaired) electrons.